The molecule has 0 fully saturated rings. The van der Waals surface area contributed by atoms with Gasteiger partial charge in [-0.1, -0.05) is 42.1 Å². The van der Waals surface area contributed by atoms with Crippen LogP contribution in [0.5, 0.6) is 0 Å². The zero-order valence-corrected chi connectivity index (χ0v) is 12.3. The predicted octanol–water partition coefficient (Wildman–Crippen LogP) is 4.03. The maximum Gasteiger partial charge on any atom is 0.247 e. The topological polar surface area (TPSA) is 20.3 Å². The Morgan fingerprint density at radius 1 is 1.25 bits per heavy atom. The van der Waals surface area contributed by atoms with Crippen molar-refractivity contribution < 1.29 is 4.79 Å². The van der Waals surface area contributed by atoms with E-state index in [-0.39, 0.29) is 11.9 Å². The molecule has 0 spiro atoms. The van der Waals surface area contributed by atoms with E-state index < -0.39 is 0 Å². The first-order valence-corrected chi connectivity index (χ1v) is 7.52. The van der Waals surface area contributed by atoms with Gasteiger partial charge in [0.1, 0.15) is 0 Å². The van der Waals surface area contributed by atoms with Gasteiger partial charge in [-0.25, -0.2) is 0 Å². The van der Waals surface area contributed by atoms with E-state index in [9.17, 15) is 4.79 Å². The number of hydrogen-bond donors (Lipinski definition) is 0. The molecule has 0 saturated carbocycles. The molecule has 1 aliphatic heterocycles. The monoisotopic (exact) mass is 285 g/mol. The molecule has 1 aromatic rings. The fraction of sp³-hybridized carbons (Fsp3) is 0.235. The average Bonchev–Trinajstić information content (AvgIpc) is 2.44. The summed E-state index contributed by atoms with van der Waals surface area (Å²) >= 11 is 1.67. The third kappa shape index (κ3) is 3.64. The second-order valence-corrected chi connectivity index (χ2v) is 5.89. The number of rotatable bonds is 6. The van der Waals surface area contributed by atoms with Crippen LogP contribution < -0.4 is 0 Å². The number of nitrogens with zero attached hydrogens (tertiary/aromatic N) is 1. The third-order valence-corrected chi connectivity index (χ3v) is 4.26. The van der Waals surface area contributed by atoms with Crippen LogP contribution in [0.1, 0.15) is 12.8 Å². The molecule has 0 N–H and O–H groups in total. The lowest BCUT2D eigenvalue weighted by Crippen LogP contribution is -2.42. The predicted molar refractivity (Wildman–Crippen MR) is 85.5 cm³/mol. The first-order valence-electron chi connectivity index (χ1n) is 6.70. The number of carbonyl (C=O) groups excluding carboxylic acids is 1. The second kappa shape index (κ2) is 7.15. The van der Waals surface area contributed by atoms with Crippen LogP contribution >= 0.6 is 11.8 Å². The van der Waals surface area contributed by atoms with Crippen LogP contribution in [0.3, 0.4) is 0 Å². The fourth-order valence-corrected chi connectivity index (χ4v) is 3.33. The van der Waals surface area contributed by atoms with E-state index in [1.54, 1.807) is 23.9 Å². The summed E-state index contributed by atoms with van der Waals surface area (Å²) in [5, 5.41) is 0. The van der Waals surface area contributed by atoms with Gasteiger partial charge in [-0.2, -0.15) is 0 Å². The van der Waals surface area contributed by atoms with E-state index in [0.29, 0.717) is 6.54 Å². The standard InChI is InChI=1S/C17H19NOS/c1-3-8-14-12-16(13-17(19)18(14)11-4-2)20-15-9-6-5-7-10-15/h3-7,9-10,13-14H,1-2,8,11-12H2. The van der Waals surface area contributed by atoms with Crippen LogP contribution in [-0.2, 0) is 4.79 Å². The normalized spacial score (nSPS) is 18.6. The van der Waals surface area contributed by atoms with Crippen molar-refractivity contribution in [2.45, 2.75) is 23.8 Å². The first kappa shape index (κ1) is 14.7. The molecule has 20 heavy (non-hydrogen) atoms. The molecule has 0 aliphatic carbocycles. The van der Waals surface area contributed by atoms with Crippen LogP contribution in [0.4, 0.5) is 0 Å². The molecule has 1 unspecified atom stereocenters. The molecular weight excluding hydrogens is 266 g/mol. The van der Waals surface area contributed by atoms with Crippen molar-refractivity contribution in [3.8, 4) is 0 Å². The van der Waals surface area contributed by atoms with Gasteiger partial charge >= 0.3 is 0 Å². The maximum absolute atomic E-state index is 12.2. The molecule has 1 heterocycles. The molecule has 0 aromatic heterocycles. The molecule has 1 aliphatic rings. The summed E-state index contributed by atoms with van der Waals surface area (Å²) in [6.45, 7) is 8.11. The van der Waals surface area contributed by atoms with Crippen LogP contribution in [0.25, 0.3) is 0 Å². The number of amides is 1. The van der Waals surface area contributed by atoms with Gasteiger partial charge in [0.15, 0.2) is 0 Å². The zero-order valence-electron chi connectivity index (χ0n) is 11.5. The van der Waals surface area contributed by atoms with Gasteiger partial charge in [0.05, 0.1) is 0 Å². The Kier molecular flexibility index (Phi) is 5.24. The highest BCUT2D eigenvalue weighted by atomic mass is 32.2. The summed E-state index contributed by atoms with van der Waals surface area (Å²) in [4.78, 5) is 16.4. The molecule has 2 nitrogen and oxygen atoms in total. The van der Waals surface area contributed by atoms with Gasteiger partial charge in [0, 0.05) is 23.6 Å². The van der Waals surface area contributed by atoms with Crippen molar-refractivity contribution in [2.24, 2.45) is 0 Å². The smallest absolute Gasteiger partial charge is 0.247 e. The molecule has 0 saturated heterocycles. The number of thioether (sulfide) groups is 1. The lowest BCUT2D eigenvalue weighted by Gasteiger charge is -2.33. The van der Waals surface area contributed by atoms with E-state index in [1.165, 1.54) is 4.90 Å². The van der Waals surface area contributed by atoms with E-state index in [1.807, 2.05) is 29.2 Å². The van der Waals surface area contributed by atoms with E-state index >= 15 is 0 Å². The molecule has 0 bridgehead atoms. The van der Waals surface area contributed by atoms with Crippen molar-refractivity contribution in [3.05, 3.63) is 66.6 Å². The summed E-state index contributed by atoms with van der Waals surface area (Å²) in [7, 11) is 0. The first-order chi connectivity index (χ1) is 9.74. The van der Waals surface area contributed by atoms with E-state index in [4.69, 9.17) is 0 Å². The minimum absolute atomic E-state index is 0.0708. The lowest BCUT2D eigenvalue weighted by atomic mass is 10.0. The summed E-state index contributed by atoms with van der Waals surface area (Å²) in [5.74, 6) is 0.0708. The minimum atomic E-state index is 0.0708. The Balaban J connectivity index is 2.14. The number of hydrogen-bond acceptors (Lipinski definition) is 2. The molecule has 1 amide bonds. The summed E-state index contributed by atoms with van der Waals surface area (Å²) < 4.78 is 0. The third-order valence-electron chi connectivity index (χ3n) is 3.20. The van der Waals surface area contributed by atoms with Crippen molar-refractivity contribution in [1.29, 1.82) is 0 Å². The highest BCUT2D eigenvalue weighted by Gasteiger charge is 2.26. The van der Waals surface area contributed by atoms with Gasteiger partial charge in [-0.3, -0.25) is 4.79 Å². The van der Waals surface area contributed by atoms with Crippen molar-refractivity contribution in [1.82, 2.24) is 4.90 Å². The molecule has 0 radical (unpaired) electrons. The SMILES string of the molecule is C=CCC1CC(Sc2ccccc2)=CC(=O)N1CC=C. The van der Waals surface area contributed by atoms with Crippen molar-refractivity contribution >= 4 is 17.7 Å². The van der Waals surface area contributed by atoms with Gasteiger partial charge in [0.25, 0.3) is 0 Å². The zero-order chi connectivity index (χ0) is 14.4. The number of benzene rings is 1. The highest BCUT2D eigenvalue weighted by molar-refractivity contribution is 8.03. The Morgan fingerprint density at radius 2 is 2.00 bits per heavy atom. The Hall–Kier alpha value is -1.74. The van der Waals surface area contributed by atoms with Crippen LogP contribution in [0.2, 0.25) is 0 Å². The van der Waals surface area contributed by atoms with Gasteiger partial charge in [0.2, 0.25) is 5.91 Å². The summed E-state index contributed by atoms with van der Waals surface area (Å²) in [5.41, 5.74) is 0. The quantitative estimate of drug-likeness (QED) is 0.736. The molecule has 104 valence electrons. The molecule has 1 aromatic carbocycles. The summed E-state index contributed by atoms with van der Waals surface area (Å²) in [6, 6.07) is 10.3. The second-order valence-electron chi connectivity index (χ2n) is 4.69. The van der Waals surface area contributed by atoms with Gasteiger partial charge in [-0.15, -0.1) is 13.2 Å². The average molecular weight is 285 g/mol. The fourth-order valence-electron chi connectivity index (χ4n) is 2.29. The minimum Gasteiger partial charge on any atom is -0.332 e. The molecule has 2 rings (SSSR count). The Morgan fingerprint density at radius 3 is 2.65 bits per heavy atom. The van der Waals surface area contributed by atoms with E-state index in [2.05, 4.69) is 25.3 Å². The summed E-state index contributed by atoms with van der Waals surface area (Å²) in [6.07, 6.45) is 7.10. The largest absolute Gasteiger partial charge is 0.332 e. The van der Waals surface area contributed by atoms with Crippen molar-refractivity contribution in [3.63, 3.8) is 0 Å². The highest BCUT2D eigenvalue weighted by Crippen LogP contribution is 2.34. The van der Waals surface area contributed by atoms with Gasteiger partial charge < -0.3 is 4.90 Å². The lowest BCUT2D eigenvalue weighted by molar-refractivity contribution is -0.128. The maximum atomic E-state index is 12.2. The molecular formula is C17H19NOS. The Bertz CT molecular complexity index is 521. The number of carbonyl (C=O) groups is 1. The van der Waals surface area contributed by atoms with Crippen molar-refractivity contribution in [2.75, 3.05) is 6.54 Å². The van der Waals surface area contributed by atoms with Gasteiger partial charge in [-0.05, 0) is 29.9 Å². The molecule has 3 heteroatoms. The van der Waals surface area contributed by atoms with Crippen LogP contribution in [0.15, 0.2) is 71.5 Å². The molecule has 1 atom stereocenters. The van der Waals surface area contributed by atoms with E-state index in [0.717, 1.165) is 17.7 Å². The van der Waals surface area contributed by atoms with Crippen LogP contribution in [-0.4, -0.2) is 23.4 Å². The Labute approximate surface area is 124 Å². The van der Waals surface area contributed by atoms with Crippen LogP contribution in [0, 0.1) is 0 Å².